The summed E-state index contributed by atoms with van der Waals surface area (Å²) in [4.78, 5) is 10.8. The van der Waals surface area contributed by atoms with Crippen molar-refractivity contribution in [2.45, 2.75) is 45.1 Å². The van der Waals surface area contributed by atoms with E-state index in [1.54, 1.807) is 0 Å². The van der Waals surface area contributed by atoms with Crippen LogP contribution in [0.25, 0.3) is 0 Å². The molecule has 4 nitrogen and oxygen atoms in total. The smallest absolute Gasteiger partial charge is 0.330 e. The SMILES string of the molecule is C=CC(=O)OCC(O)CCCCCCOc1ccc(C)cc1. The maximum Gasteiger partial charge on any atom is 0.330 e. The van der Waals surface area contributed by atoms with Crippen molar-refractivity contribution in [2.75, 3.05) is 13.2 Å². The van der Waals surface area contributed by atoms with E-state index in [1.807, 2.05) is 24.3 Å². The number of hydrogen-bond acceptors (Lipinski definition) is 4. The van der Waals surface area contributed by atoms with Gasteiger partial charge in [0.25, 0.3) is 0 Å². The predicted octanol–water partition coefficient (Wildman–Crippen LogP) is 3.41. The average molecular weight is 306 g/mol. The van der Waals surface area contributed by atoms with Crippen LogP contribution in [0, 0.1) is 6.92 Å². The van der Waals surface area contributed by atoms with Crippen molar-refractivity contribution in [1.82, 2.24) is 0 Å². The van der Waals surface area contributed by atoms with Crippen LogP contribution >= 0.6 is 0 Å². The molecule has 0 bridgehead atoms. The molecule has 1 rings (SSSR count). The van der Waals surface area contributed by atoms with Crippen LogP contribution in [0.4, 0.5) is 0 Å². The number of benzene rings is 1. The molecule has 0 radical (unpaired) electrons. The van der Waals surface area contributed by atoms with Gasteiger partial charge in [-0.25, -0.2) is 4.79 Å². The molecule has 1 unspecified atom stereocenters. The first-order valence-corrected chi connectivity index (χ1v) is 7.78. The maximum absolute atomic E-state index is 10.8. The first kappa shape index (κ1) is 18.2. The van der Waals surface area contributed by atoms with Gasteiger partial charge in [-0.3, -0.25) is 0 Å². The number of hydrogen-bond donors (Lipinski definition) is 1. The lowest BCUT2D eigenvalue weighted by Crippen LogP contribution is -2.17. The molecule has 0 amide bonds. The number of carbonyl (C=O) groups excluding carboxylic acids is 1. The molecule has 0 aliphatic rings. The van der Waals surface area contributed by atoms with Gasteiger partial charge in [0.2, 0.25) is 0 Å². The minimum atomic E-state index is -0.590. The Morgan fingerprint density at radius 3 is 2.59 bits per heavy atom. The lowest BCUT2D eigenvalue weighted by atomic mass is 10.1. The van der Waals surface area contributed by atoms with Crippen molar-refractivity contribution in [1.29, 1.82) is 0 Å². The standard InChI is InChI=1S/C18H26O4/c1-3-18(20)22-14-16(19)8-6-4-5-7-13-21-17-11-9-15(2)10-12-17/h3,9-12,16,19H,1,4-8,13-14H2,2H3. The Bertz CT molecular complexity index is 439. The molecule has 122 valence electrons. The Labute approximate surface area is 132 Å². The Balaban J connectivity index is 1.96. The highest BCUT2D eigenvalue weighted by Gasteiger charge is 2.06. The van der Waals surface area contributed by atoms with Gasteiger partial charge in [0.05, 0.1) is 12.7 Å². The highest BCUT2D eigenvalue weighted by atomic mass is 16.5. The van der Waals surface area contributed by atoms with Crippen LogP contribution in [0.1, 0.15) is 37.7 Å². The molecule has 0 fully saturated rings. The summed E-state index contributed by atoms with van der Waals surface area (Å²) in [7, 11) is 0. The van der Waals surface area contributed by atoms with Gasteiger partial charge in [-0.05, 0) is 31.9 Å². The third kappa shape index (κ3) is 8.47. The number of aliphatic hydroxyl groups is 1. The Morgan fingerprint density at radius 1 is 1.23 bits per heavy atom. The summed E-state index contributed by atoms with van der Waals surface area (Å²) in [6, 6.07) is 8.04. The van der Waals surface area contributed by atoms with E-state index in [1.165, 1.54) is 5.56 Å². The first-order chi connectivity index (χ1) is 10.6. The van der Waals surface area contributed by atoms with Gasteiger partial charge in [0.15, 0.2) is 0 Å². The summed E-state index contributed by atoms with van der Waals surface area (Å²) in [5.74, 6) is 0.414. The van der Waals surface area contributed by atoms with Gasteiger partial charge in [0, 0.05) is 6.08 Å². The summed E-state index contributed by atoms with van der Waals surface area (Å²) in [6.45, 7) is 6.11. The fourth-order valence-corrected chi connectivity index (χ4v) is 1.98. The molecular formula is C18H26O4. The van der Waals surface area contributed by atoms with Gasteiger partial charge in [-0.15, -0.1) is 0 Å². The zero-order valence-electron chi connectivity index (χ0n) is 13.3. The van der Waals surface area contributed by atoms with Crippen LogP contribution < -0.4 is 4.74 Å². The van der Waals surface area contributed by atoms with Crippen LogP contribution in [-0.2, 0) is 9.53 Å². The zero-order valence-corrected chi connectivity index (χ0v) is 13.3. The summed E-state index contributed by atoms with van der Waals surface area (Å²) >= 11 is 0. The molecule has 4 heteroatoms. The lowest BCUT2D eigenvalue weighted by Gasteiger charge is -2.10. The van der Waals surface area contributed by atoms with Gasteiger partial charge in [-0.2, -0.15) is 0 Å². The topological polar surface area (TPSA) is 55.8 Å². The minimum absolute atomic E-state index is 0.0430. The van der Waals surface area contributed by atoms with Crippen molar-refractivity contribution in [3.8, 4) is 5.75 Å². The lowest BCUT2D eigenvalue weighted by molar-refractivity contribution is -0.140. The predicted molar refractivity (Wildman–Crippen MR) is 86.9 cm³/mol. The molecule has 0 saturated heterocycles. The monoisotopic (exact) mass is 306 g/mol. The van der Waals surface area contributed by atoms with E-state index in [9.17, 15) is 9.90 Å². The molecule has 0 aromatic heterocycles. The largest absolute Gasteiger partial charge is 0.494 e. The second-order valence-electron chi connectivity index (χ2n) is 5.35. The van der Waals surface area contributed by atoms with E-state index in [0.29, 0.717) is 13.0 Å². The zero-order chi connectivity index (χ0) is 16.2. The van der Waals surface area contributed by atoms with Gasteiger partial charge >= 0.3 is 5.97 Å². The number of ether oxygens (including phenoxy) is 2. The van der Waals surface area contributed by atoms with E-state index in [0.717, 1.165) is 37.5 Å². The van der Waals surface area contributed by atoms with Crippen LogP contribution in [0.3, 0.4) is 0 Å². The van der Waals surface area contributed by atoms with E-state index in [2.05, 4.69) is 13.5 Å². The maximum atomic E-state index is 10.8. The van der Waals surface area contributed by atoms with Crippen LogP contribution in [0.5, 0.6) is 5.75 Å². The van der Waals surface area contributed by atoms with E-state index in [-0.39, 0.29) is 6.61 Å². The number of carbonyl (C=O) groups is 1. The molecular weight excluding hydrogens is 280 g/mol. The van der Waals surface area contributed by atoms with Gasteiger partial charge in [-0.1, -0.05) is 43.5 Å². The highest BCUT2D eigenvalue weighted by molar-refractivity contribution is 5.81. The number of aliphatic hydroxyl groups excluding tert-OH is 1. The quantitative estimate of drug-likeness (QED) is 0.387. The minimum Gasteiger partial charge on any atom is -0.494 e. The van der Waals surface area contributed by atoms with Crippen molar-refractivity contribution in [2.24, 2.45) is 0 Å². The van der Waals surface area contributed by atoms with Gasteiger partial charge < -0.3 is 14.6 Å². The Kier molecular flexibility index (Phi) is 9.00. The number of unbranched alkanes of at least 4 members (excludes halogenated alkanes) is 3. The van der Waals surface area contributed by atoms with Crippen LogP contribution in [0.15, 0.2) is 36.9 Å². The molecule has 0 heterocycles. The Hall–Kier alpha value is -1.81. The number of rotatable bonds is 11. The molecule has 0 spiro atoms. The van der Waals surface area contributed by atoms with Crippen LogP contribution in [-0.4, -0.2) is 30.4 Å². The molecule has 22 heavy (non-hydrogen) atoms. The van der Waals surface area contributed by atoms with Crippen molar-refractivity contribution < 1.29 is 19.4 Å². The molecule has 1 aromatic carbocycles. The molecule has 1 atom stereocenters. The summed E-state index contributed by atoms with van der Waals surface area (Å²) in [6.07, 6.45) is 5.15. The first-order valence-electron chi connectivity index (χ1n) is 7.78. The van der Waals surface area contributed by atoms with E-state index >= 15 is 0 Å². The molecule has 1 N–H and O–H groups in total. The van der Waals surface area contributed by atoms with Crippen molar-refractivity contribution in [3.05, 3.63) is 42.5 Å². The summed E-state index contributed by atoms with van der Waals surface area (Å²) in [5, 5.41) is 9.63. The third-order valence-corrected chi connectivity index (χ3v) is 3.31. The fourth-order valence-electron chi connectivity index (χ4n) is 1.98. The van der Waals surface area contributed by atoms with E-state index in [4.69, 9.17) is 9.47 Å². The number of esters is 1. The number of aryl methyl sites for hydroxylation is 1. The van der Waals surface area contributed by atoms with Crippen molar-refractivity contribution >= 4 is 5.97 Å². The fraction of sp³-hybridized carbons (Fsp3) is 0.500. The van der Waals surface area contributed by atoms with Gasteiger partial charge in [0.1, 0.15) is 12.4 Å². The second-order valence-corrected chi connectivity index (χ2v) is 5.35. The summed E-state index contributed by atoms with van der Waals surface area (Å²) in [5.41, 5.74) is 1.23. The molecule has 1 aromatic rings. The Morgan fingerprint density at radius 2 is 1.91 bits per heavy atom. The third-order valence-electron chi connectivity index (χ3n) is 3.31. The highest BCUT2D eigenvalue weighted by Crippen LogP contribution is 2.12. The molecule has 0 aliphatic carbocycles. The van der Waals surface area contributed by atoms with Crippen molar-refractivity contribution in [3.63, 3.8) is 0 Å². The van der Waals surface area contributed by atoms with E-state index < -0.39 is 12.1 Å². The van der Waals surface area contributed by atoms with Crippen LogP contribution in [0.2, 0.25) is 0 Å². The molecule has 0 aliphatic heterocycles. The second kappa shape index (κ2) is 10.9. The normalized spacial score (nSPS) is 11.7. The summed E-state index contributed by atoms with van der Waals surface area (Å²) < 4.78 is 10.4. The molecule has 0 saturated carbocycles. The average Bonchev–Trinajstić information content (AvgIpc) is 2.53.